The molecule has 0 aliphatic carbocycles. The van der Waals surface area contributed by atoms with Crippen LogP contribution in [0.25, 0.3) is 5.69 Å². The van der Waals surface area contributed by atoms with Crippen LogP contribution in [0.2, 0.25) is 0 Å². The Kier molecular flexibility index (Phi) is 7.83. The Morgan fingerprint density at radius 3 is 1.46 bits per heavy atom. The van der Waals surface area contributed by atoms with E-state index >= 15 is 0 Å². The lowest BCUT2D eigenvalue weighted by molar-refractivity contribution is -0.143. The number of pyridine rings is 2. The van der Waals surface area contributed by atoms with Gasteiger partial charge in [0.1, 0.15) is 0 Å². The summed E-state index contributed by atoms with van der Waals surface area (Å²) < 4.78 is 82.3. The van der Waals surface area contributed by atoms with Gasteiger partial charge in [0.2, 0.25) is 0 Å². The lowest BCUT2D eigenvalue weighted by atomic mass is 10.1. The van der Waals surface area contributed by atoms with Crippen molar-refractivity contribution in [3.8, 4) is 5.69 Å². The van der Waals surface area contributed by atoms with Gasteiger partial charge in [-0.05, 0) is 42.5 Å². The molecule has 0 saturated carbocycles. The van der Waals surface area contributed by atoms with Gasteiger partial charge in [-0.25, -0.2) is 0 Å². The third-order valence-electron chi connectivity index (χ3n) is 5.26. The van der Waals surface area contributed by atoms with E-state index < -0.39 is 23.5 Å². The molecule has 0 aliphatic heterocycles. The van der Waals surface area contributed by atoms with Gasteiger partial charge in [0.15, 0.2) is 11.6 Å². The molecule has 0 radical (unpaired) electrons. The number of rotatable bonds is 9. The first-order chi connectivity index (χ1) is 17.6. The van der Waals surface area contributed by atoms with Crippen LogP contribution in [-0.2, 0) is 38.5 Å². The van der Waals surface area contributed by atoms with Crippen molar-refractivity contribution in [2.45, 2.75) is 38.5 Å². The van der Waals surface area contributed by atoms with Crippen LogP contribution < -0.4 is 10.6 Å². The van der Waals surface area contributed by atoms with E-state index in [4.69, 9.17) is 0 Å². The first kappa shape index (κ1) is 26.2. The van der Waals surface area contributed by atoms with Crippen molar-refractivity contribution in [2.75, 3.05) is 0 Å². The van der Waals surface area contributed by atoms with Crippen molar-refractivity contribution >= 4 is 0 Å². The van der Waals surface area contributed by atoms with Gasteiger partial charge in [-0.15, -0.1) is 10.2 Å². The molecule has 0 saturated heterocycles. The van der Waals surface area contributed by atoms with Crippen LogP contribution in [0, 0.1) is 0 Å². The van der Waals surface area contributed by atoms with Gasteiger partial charge in [0, 0.05) is 31.2 Å². The average molecular weight is 521 g/mol. The lowest BCUT2D eigenvalue weighted by Gasteiger charge is -2.17. The summed E-state index contributed by atoms with van der Waals surface area (Å²) in [5.74, 6) is 0.274. The van der Waals surface area contributed by atoms with Crippen molar-refractivity contribution in [2.24, 2.45) is 0 Å². The van der Waals surface area contributed by atoms with E-state index in [1.807, 2.05) is 0 Å². The molecule has 0 spiro atoms. The number of aromatic nitrogens is 5. The van der Waals surface area contributed by atoms with E-state index in [1.165, 1.54) is 4.57 Å². The number of nitrogens with one attached hydrogen (secondary N) is 2. The van der Waals surface area contributed by atoms with Crippen LogP contribution in [0.4, 0.5) is 26.3 Å². The van der Waals surface area contributed by atoms with Crippen molar-refractivity contribution < 1.29 is 26.3 Å². The Labute approximate surface area is 207 Å². The first-order valence-corrected chi connectivity index (χ1v) is 11.1. The highest BCUT2D eigenvalue weighted by Crippen LogP contribution is 2.37. The van der Waals surface area contributed by atoms with Gasteiger partial charge in [0.05, 0.1) is 35.6 Å². The van der Waals surface area contributed by atoms with E-state index in [0.29, 0.717) is 36.6 Å². The fourth-order valence-electron chi connectivity index (χ4n) is 3.56. The summed E-state index contributed by atoms with van der Waals surface area (Å²) in [6.45, 7) is 0.636. The first-order valence-electron chi connectivity index (χ1n) is 11.1. The fourth-order valence-corrected chi connectivity index (χ4v) is 3.56. The predicted octanol–water partition coefficient (Wildman–Crippen LogP) is 4.67. The maximum atomic E-state index is 13.5. The molecule has 0 unspecified atom stereocenters. The number of benzene rings is 1. The Morgan fingerprint density at radius 2 is 1.08 bits per heavy atom. The Bertz CT molecular complexity index is 1210. The number of nitrogens with zero attached hydrogens (tertiary/aromatic N) is 5. The molecular weight excluding hydrogens is 500 g/mol. The molecule has 0 atom stereocenters. The molecule has 1 aromatic carbocycles. The largest absolute Gasteiger partial charge is 0.416 e. The number of hydrogen-bond acceptors (Lipinski definition) is 6. The predicted molar refractivity (Wildman–Crippen MR) is 121 cm³/mol. The Hall–Kier alpha value is -3.84. The van der Waals surface area contributed by atoms with Crippen LogP contribution >= 0.6 is 0 Å². The Morgan fingerprint density at radius 1 is 0.622 bits per heavy atom. The second kappa shape index (κ2) is 11.0. The van der Waals surface area contributed by atoms with E-state index in [-0.39, 0.29) is 36.5 Å². The van der Waals surface area contributed by atoms with Crippen LogP contribution in [0.5, 0.6) is 0 Å². The van der Waals surface area contributed by atoms with Gasteiger partial charge < -0.3 is 10.6 Å². The van der Waals surface area contributed by atoms with Crippen LogP contribution in [0.1, 0.15) is 34.2 Å². The lowest BCUT2D eigenvalue weighted by Crippen LogP contribution is -2.21. The molecule has 4 rings (SSSR count). The molecule has 37 heavy (non-hydrogen) atoms. The fraction of sp³-hybridized carbons (Fsp3) is 0.250. The third-order valence-corrected chi connectivity index (χ3v) is 5.26. The van der Waals surface area contributed by atoms with Gasteiger partial charge in [-0.2, -0.15) is 26.3 Å². The van der Waals surface area contributed by atoms with Gasteiger partial charge >= 0.3 is 12.4 Å². The van der Waals surface area contributed by atoms with Crippen molar-refractivity contribution in [3.05, 3.63) is 101 Å². The highest BCUT2D eigenvalue weighted by Gasteiger charge is 2.37. The molecular formula is C24H21F6N7. The van der Waals surface area contributed by atoms with Crippen molar-refractivity contribution in [3.63, 3.8) is 0 Å². The van der Waals surface area contributed by atoms with Crippen LogP contribution in [0.15, 0.2) is 67.0 Å². The van der Waals surface area contributed by atoms with E-state index in [9.17, 15) is 26.3 Å². The zero-order valence-electron chi connectivity index (χ0n) is 19.2. The minimum absolute atomic E-state index is 0.0153. The van der Waals surface area contributed by atoms with Gasteiger partial charge in [-0.3, -0.25) is 14.5 Å². The van der Waals surface area contributed by atoms with Crippen LogP contribution in [-0.4, -0.2) is 24.7 Å². The monoisotopic (exact) mass is 521 g/mol. The zero-order chi connectivity index (χ0) is 26.5. The average Bonchev–Trinajstić information content (AvgIpc) is 3.26. The highest BCUT2D eigenvalue weighted by atomic mass is 19.4. The standard InChI is InChI=1S/C24H21F6N7/c25-23(26,27)16-9-17(24(28,29)30)11-20(10-16)37-21(14-31-12-18-5-1-3-7-33-18)35-36-22(37)15-32-13-19-6-2-4-8-34-19/h1-11,31-32H,12-15H2. The molecule has 3 heterocycles. The number of alkyl halides is 6. The molecule has 0 fully saturated rings. The van der Waals surface area contributed by atoms with Crippen LogP contribution in [0.3, 0.4) is 0 Å². The second-order valence-corrected chi connectivity index (χ2v) is 7.98. The normalized spacial score (nSPS) is 12.2. The van der Waals surface area contributed by atoms with E-state index in [0.717, 1.165) is 0 Å². The molecule has 4 aromatic rings. The summed E-state index contributed by atoms with van der Waals surface area (Å²) in [4.78, 5) is 8.34. The SMILES string of the molecule is FC(F)(F)c1cc(-n2c(CNCc3ccccn3)nnc2CNCc2ccccn2)cc(C(F)(F)F)c1. The molecule has 0 amide bonds. The summed E-state index contributed by atoms with van der Waals surface area (Å²) in [5, 5.41) is 14.2. The number of hydrogen-bond donors (Lipinski definition) is 2. The maximum Gasteiger partial charge on any atom is 0.416 e. The highest BCUT2D eigenvalue weighted by molar-refractivity contribution is 5.44. The van der Waals surface area contributed by atoms with E-state index in [1.54, 1.807) is 48.8 Å². The summed E-state index contributed by atoms with van der Waals surface area (Å²) in [5.41, 5.74) is -1.80. The Balaban J connectivity index is 1.67. The molecule has 2 N–H and O–H groups in total. The van der Waals surface area contributed by atoms with Gasteiger partial charge in [-0.1, -0.05) is 12.1 Å². The third kappa shape index (κ3) is 6.89. The van der Waals surface area contributed by atoms with E-state index in [2.05, 4.69) is 30.8 Å². The minimum atomic E-state index is -4.99. The smallest absolute Gasteiger partial charge is 0.304 e. The number of halogens is 6. The zero-order valence-corrected chi connectivity index (χ0v) is 19.2. The molecule has 0 aliphatic rings. The van der Waals surface area contributed by atoms with Crippen molar-refractivity contribution in [1.82, 2.24) is 35.4 Å². The molecule has 13 heteroatoms. The second-order valence-electron chi connectivity index (χ2n) is 7.98. The van der Waals surface area contributed by atoms with Crippen molar-refractivity contribution in [1.29, 1.82) is 0 Å². The summed E-state index contributed by atoms with van der Waals surface area (Å²) >= 11 is 0. The van der Waals surface area contributed by atoms with Gasteiger partial charge in [0.25, 0.3) is 0 Å². The summed E-state index contributed by atoms with van der Waals surface area (Å²) in [6, 6.07) is 12.0. The molecule has 0 bridgehead atoms. The summed E-state index contributed by atoms with van der Waals surface area (Å²) in [7, 11) is 0. The topological polar surface area (TPSA) is 80.5 Å². The molecule has 7 nitrogen and oxygen atoms in total. The summed E-state index contributed by atoms with van der Waals surface area (Å²) in [6.07, 6.45) is -6.77. The quantitative estimate of drug-likeness (QED) is 0.312. The maximum absolute atomic E-state index is 13.5. The minimum Gasteiger partial charge on any atom is -0.304 e. The molecule has 3 aromatic heterocycles. The molecule has 194 valence electrons.